The average molecular weight is 191 g/mol. The van der Waals surface area contributed by atoms with Crippen LogP contribution in [-0.2, 0) is 0 Å². The van der Waals surface area contributed by atoms with Crippen molar-refractivity contribution in [3.05, 3.63) is 23.9 Å². The standard InChI is InChI=1S/C11H17N3/c1-8-2-3-11(13-6-8)14-7-9-4-10(12)5-9/h2-3,6,9-10H,4-5,7,12H2,1H3,(H,13,14). The molecule has 3 nitrogen and oxygen atoms in total. The fraction of sp³-hybridized carbons (Fsp3) is 0.545. The summed E-state index contributed by atoms with van der Waals surface area (Å²) in [6.45, 7) is 3.05. The van der Waals surface area contributed by atoms with Gasteiger partial charge in [0, 0.05) is 18.8 Å². The summed E-state index contributed by atoms with van der Waals surface area (Å²) < 4.78 is 0. The molecular weight excluding hydrogens is 174 g/mol. The number of aromatic nitrogens is 1. The third-order valence-electron chi connectivity index (χ3n) is 2.76. The summed E-state index contributed by atoms with van der Waals surface area (Å²) in [4.78, 5) is 4.29. The zero-order valence-corrected chi connectivity index (χ0v) is 8.53. The molecule has 0 spiro atoms. The molecule has 0 atom stereocenters. The monoisotopic (exact) mass is 191 g/mol. The largest absolute Gasteiger partial charge is 0.370 e. The van der Waals surface area contributed by atoms with E-state index in [0.717, 1.165) is 31.1 Å². The molecule has 1 aromatic heterocycles. The van der Waals surface area contributed by atoms with Crippen LogP contribution in [0.15, 0.2) is 18.3 Å². The second kappa shape index (κ2) is 3.96. The van der Waals surface area contributed by atoms with Crippen LogP contribution in [0, 0.1) is 12.8 Å². The molecular formula is C11H17N3. The van der Waals surface area contributed by atoms with E-state index >= 15 is 0 Å². The maximum atomic E-state index is 5.71. The van der Waals surface area contributed by atoms with Crippen LogP contribution in [0.5, 0.6) is 0 Å². The van der Waals surface area contributed by atoms with Gasteiger partial charge in [0.15, 0.2) is 0 Å². The molecule has 1 saturated carbocycles. The lowest BCUT2D eigenvalue weighted by Gasteiger charge is -2.32. The quantitative estimate of drug-likeness (QED) is 0.762. The van der Waals surface area contributed by atoms with Crippen molar-refractivity contribution < 1.29 is 0 Å². The van der Waals surface area contributed by atoms with Crippen molar-refractivity contribution in [1.29, 1.82) is 0 Å². The van der Waals surface area contributed by atoms with E-state index in [-0.39, 0.29) is 0 Å². The number of hydrogen-bond donors (Lipinski definition) is 2. The molecule has 0 aromatic carbocycles. The first-order valence-electron chi connectivity index (χ1n) is 5.16. The molecule has 1 aliphatic rings. The van der Waals surface area contributed by atoms with Gasteiger partial charge in [-0.3, -0.25) is 0 Å². The van der Waals surface area contributed by atoms with Crippen LogP contribution in [0.2, 0.25) is 0 Å². The highest BCUT2D eigenvalue weighted by atomic mass is 15.0. The number of nitrogens with two attached hydrogens (primary N) is 1. The van der Waals surface area contributed by atoms with Crippen LogP contribution in [0.4, 0.5) is 5.82 Å². The van der Waals surface area contributed by atoms with Crippen LogP contribution in [0.1, 0.15) is 18.4 Å². The summed E-state index contributed by atoms with van der Waals surface area (Å²) in [6, 6.07) is 4.53. The third kappa shape index (κ3) is 2.23. The topological polar surface area (TPSA) is 50.9 Å². The van der Waals surface area contributed by atoms with Gasteiger partial charge in [0.05, 0.1) is 0 Å². The Morgan fingerprint density at radius 1 is 1.50 bits per heavy atom. The molecule has 3 heteroatoms. The molecule has 76 valence electrons. The predicted octanol–water partition coefficient (Wildman–Crippen LogP) is 1.54. The number of anilines is 1. The Morgan fingerprint density at radius 2 is 2.29 bits per heavy atom. The SMILES string of the molecule is Cc1ccc(NCC2CC(N)C2)nc1. The molecule has 1 aliphatic carbocycles. The highest BCUT2D eigenvalue weighted by Gasteiger charge is 2.25. The van der Waals surface area contributed by atoms with Gasteiger partial charge in [0.2, 0.25) is 0 Å². The molecule has 0 amide bonds. The fourth-order valence-corrected chi connectivity index (χ4v) is 1.78. The van der Waals surface area contributed by atoms with E-state index in [4.69, 9.17) is 5.73 Å². The van der Waals surface area contributed by atoms with Crippen molar-refractivity contribution in [3.8, 4) is 0 Å². The summed E-state index contributed by atoms with van der Waals surface area (Å²) in [5, 5.41) is 3.33. The van der Waals surface area contributed by atoms with E-state index in [1.165, 1.54) is 5.56 Å². The fourth-order valence-electron chi connectivity index (χ4n) is 1.78. The summed E-state index contributed by atoms with van der Waals surface area (Å²) in [5.74, 6) is 1.71. The van der Waals surface area contributed by atoms with Gasteiger partial charge in [-0.1, -0.05) is 6.07 Å². The Bertz CT molecular complexity index is 288. The smallest absolute Gasteiger partial charge is 0.125 e. The van der Waals surface area contributed by atoms with Crippen LogP contribution < -0.4 is 11.1 Å². The Kier molecular flexibility index (Phi) is 2.68. The summed E-state index contributed by atoms with van der Waals surface area (Å²) in [6.07, 6.45) is 4.19. The minimum atomic E-state index is 0.438. The van der Waals surface area contributed by atoms with E-state index in [1.54, 1.807) is 0 Å². The minimum absolute atomic E-state index is 0.438. The van der Waals surface area contributed by atoms with Gasteiger partial charge in [-0.25, -0.2) is 4.98 Å². The molecule has 0 aliphatic heterocycles. The number of aryl methyl sites for hydroxylation is 1. The first-order chi connectivity index (χ1) is 6.74. The van der Waals surface area contributed by atoms with E-state index in [9.17, 15) is 0 Å². The van der Waals surface area contributed by atoms with Gasteiger partial charge in [-0.15, -0.1) is 0 Å². The second-order valence-corrected chi connectivity index (χ2v) is 4.20. The third-order valence-corrected chi connectivity index (χ3v) is 2.76. The maximum absolute atomic E-state index is 5.71. The molecule has 1 aromatic rings. The maximum Gasteiger partial charge on any atom is 0.125 e. The van der Waals surface area contributed by atoms with Gasteiger partial charge >= 0.3 is 0 Å². The normalized spacial score (nSPS) is 25.6. The van der Waals surface area contributed by atoms with E-state index in [2.05, 4.69) is 16.4 Å². The van der Waals surface area contributed by atoms with Crippen molar-refractivity contribution in [2.24, 2.45) is 11.7 Å². The van der Waals surface area contributed by atoms with Crippen LogP contribution >= 0.6 is 0 Å². The Hall–Kier alpha value is -1.09. The zero-order chi connectivity index (χ0) is 9.97. The zero-order valence-electron chi connectivity index (χ0n) is 8.53. The van der Waals surface area contributed by atoms with Crippen molar-refractivity contribution >= 4 is 5.82 Å². The first kappa shape index (κ1) is 9.46. The van der Waals surface area contributed by atoms with Crippen molar-refractivity contribution in [2.45, 2.75) is 25.8 Å². The highest BCUT2D eigenvalue weighted by Crippen LogP contribution is 2.25. The van der Waals surface area contributed by atoms with Crippen LogP contribution in [0.25, 0.3) is 0 Å². The van der Waals surface area contributed by atoms with E-state index in [1.807, 2.05) is 19.2 Å². The Morgan fingerprint density at radius 3 is 2.86 bits per heavy atom. The lowest BCUT2D eigenvalue weighted by atomic mass is 9.81. The predicted molar refractivity (Wildman–Crippen MR) is 58.2 cm³/mol. The van der Waals surface area contributed by atoms with Gasteiger partial charge in [0.1, 0.15) is 5.82 Å². The molecule has 3 N–H and O–H groups in total. The highest BCUT2D eigenvalue weighted by molar-refractivity contribution is 5.35. The van der Waals surface area contributed by atoms with Crippen LogP contribution in [-0.4, -0.2) is 17.6 Å². The Balaban J connectivity index is 1.78. The van der Waals surface area contributed by atoms with Gasteiger partial charge in [0.25, 0.3) is 0 Å². The summed E-state index contributed by atoms with van der Waals surface area (Å²) >= 11 is 0. The molecule has 2 rings (SSSR count). The number of nitrogens with one attached hydrogen (secondary N) is 1. The van der Waals surface area contributed by atoms with Gasteiger partial charge in [-0.05, 0) is 37.3 Å². The molecule has 0 saturated heterocycles. The molecule has 14 heavy (non-hydrogen) atoms. The van der Waals surface area contributed by atoms with Crippen molar-refractivity contribution in [3.63, 3.8) is 0 Å². The average Bonchev–Trinajstić information content (AvgIpc) is 2.13. The number of rotatable bonds is 3. The first-order valence-corrected chi connectivity index (χ1v) is 5.16. The van der Waals surface area contributed by atoms with Crippen molar-refractivity contribution in [2.75, 3.05) is 11.9 Å². The number of pyridine rings is 1. The summed E-state index contributed by atoms with van der Waals surface area (Å²) in [7, 11) is 0. The van der Waals surface area contributed by atoms with Crippen molar-refractivity contribution in [1.82, 2.24) is 4.98 Å². The molecule has 0 radical (unpaired) electrons. The molecule has 1 heterocycles. The molecule has 0 unspecified atom stereocenters. The Labute approximate surface area is 84.7 Å². The second-order valence-electron chi connectivity index (χ2n) is 4.20. The molecule has 1 fully saturated rings. The van der Waals surface area contributed by atoms with E-state index < -0.39 is 0 Å². The van der Waals surface area contributed by atoms with Crippen LogP contribution in [0.3, 0.4) is 0 Å². The number of nitrogens with zero attached hydrogens (tertiary/aromatic N) is 1. The van der Waals surface area contributed by atoms with Gasteiger partial charge < -0.3 is 11.1 Å². The number of hydrogen-bond acceptors (Lipinski definition) is 3. The lowest BCUT2D eigenvalue weighted by Crippen LogP contribution is -2.39. The van der Waals surface area contributed by atoms with Gasteiger partial charge in [-0.2, -0.15) is 0 Å². The molecule has 0 bridgehead atoms. The lowest BCUT2D eigenvalue weighted by molar-refractivity contribution is 0.280. The van der Waals surface area contributed by atoms with E-state index in [0.29, 0.717) is 6.04 Å². The summed E-state index contributed by atoms with van der Waals surface area (Å²) in [5.41, 5.74) is 6.91. The minimum Gasteiger partial charge on any atom is -0.370 e.